The number of anilines is 1. The Kier molecular flexibility index (Phi) is 6.13. The van der Waals surface area contributed by atoms with Gasteiger partial charge in [-0.3, -0.25) is 0 Å². The van der Waals surface area contributed by atoms with E-state index in [0.717, 1.165) is 30.4 Å². The fourth-order valence-corrected chi connectivity index (χ4v) is 3.66. The van der Waals surface area contributed by atoms with E-state index in [1.807, 2.05) is 24.3 Å². The number of benzene rings is 2. The number of hydrogen-bond donors (Lipinski definition) is 1. The Morgan fingerprint density at radius 1 is 1.04 bits per heavy atom. The van der Waals surface area contributed by atoms with Crippen molar-refractivity contribution in [2.75, 3.05) is 4.72 Å². The van der Waals surface area contributed by atoms with Gasteiger partial charge in [-0.2, -0.15) is 4.98 Å². The van der Waals surface area contributed by atoms with Crippen LogP contribution in [0.25, 0.3) is 0 Å². The molecule has 0 spiro atoms. The van der Waals surface area contributed by atoms with Gasteiger partial charge in [0.25, 0.3) is 16.0 Å². The van der Waals surface area contributed by atoms with Gasteiger partial charge in [0.1, 0.15) is 6.33 Å². The molecule has 0 saturated heterocycles. The summed E-state index contributed by atoms with van der Waals surface area (Å²) >= 11 is 5.87. The first-order chi connectivity index (χ1) is 13.0. The summed E-state index contributed by atoms with van der Waals surface area (Å²) in [6.45, 7) is 2.60. The summed E-state index contributed by atoms with van der Waals surface area (Å²) in [5.74, 6) is 0.0408. The maximum atomic E-state index is 12.5. The molecule has 6 nitrogen and oxygen atoms in total. The smallest absolute Gasteiger partial charge is 0.246 e. The van der Waals surface area contributed by atoms with E-state index in [2.05, 4.69) is 21.7 Å². The molecular formula is C19H21ClN4O2S. The maximum Gasteiger partial charge on any atom is 0.264 e. The van der Waals surface area contributed by atoms with Crippen molar-refractivity contribution in [1.29, 1.82) is 0 Å². The molecule has 1 heterocycles. The summed E-state index contributed by atoms with van der Waals surface area (Å²) in [7, 11) is -3.72. The number of aryl methyl sites for hydroxylation is 1. The second kappa shape index (κ2) is 8.54. The van der Waals surface area contributed by atoms with Crippen LogP contribution >= 0.6 is 11.6 Å². The molecule has 0 saturated carbocycles. The topological polar surface area (TPSA) is 76.9 Å². The Morgan fingerprint density at radius 2 is 1.70 bits per heavy atom. The van der Waals surface area contributed by atoms with Crippen LogP contribution in [0.15, 0.2) is 59.8 Å². The summed E-state index contributed by atoms with van der Waals surface area (Å²) < 4.78 is 29.0. The molecule has 3 aromatic rings. The summed E-state index contributed by atoms with van der Waals surface area (Å²) in [6.07, 6.45) is 4.62. The fraction of sp³-hybridized carbons (Fsp3) is 0.263. The summed E-state index contributed by atoms with van der Waals surface area (Å²) in [6, 6.07) is 14.3. The number of halogens is 1. The van der Waals surface area contributed by atoms with Crippen LogP contribution < -0.4 is 4.72 Å². The predicted molar refractivity (Wildman–Crippen MR) is 106 cm³/mol. The highest BCUT2D eigenvalue weighted by atomic mass is 35.5. The molecule has 8 heteroatoms. The molecule has 0 bridgehead atoms. The van der Waals surface area contributed by atoms with Gasteiger partial charge in [-0.1, -0.05) is 49.2 Å². The van der Waals surface area contributed by atoms with Gasteiger partial charge < -0.3 is 0 Å². The zero-order chi connectivity index (χ0) is 19.3. The lowest BCUT2D eigenvalue weighted by Gasteiger charge is -2.06. The van der Waals surface area contributed by atoms with Crippen molar-refractivity contribution in [3.8, 4) is 0 Å². The van der Waals surface area contributed by atoms with Crippen molar-refractivity contribution >= 4 is 27.6 Å². The number of sulfonamides is 1. The second-order valence-corrected chi connectivity index (χ2v) is 8.36. The number of nitrogens with zero attached hydrogens (tertiary/aromatic N) is 3. The van der Waals surface area contributed by atoms with Crippen LogP contribution in [-0.4, -0.2) is 23.2 Å². The minimum Gasteiger partial charge on any atom is -0.246 e. The van der Waals surface area contributed by atoms with Crippen molar-refractivity contribution < 1.29 is 8.42 Å². The van der Waals surface area contributed by atoms with Crippen molar-refractivity contribution in [3.63, 3.8) is 0 Å². The molecule has 142 valence electrons. The monoisotopic (exact) mass is 404 g/mol. The molecule has 0 radical (unpaired) electrons. The van der Waals surface area contributed by atoms with Gasteiger partial charge in [-0.05, 0) is 48.2 Å². The van der Waals surface area contributed by atoms with Gasteiger partial charge in [0, 0.05) is 5.02 Å². The number of nitrogens with one attached hydrogen (secondary N) is 1. The third-order valence-electron chi connectivity index (χ3n) is 4.07. The van der Waals surface area contributed by atoms with Crippen molar-refractivity contribution in [2.24, 2.45) is 0 Å². The van der Waals surface area contributed by atoms with Crippen LogP contribution in [0.2, 0.25) is 5.02 Å². The third-order valence-corrected chi connectivity index (χ3v) is 5.67. The van der Waals surface area contributed by atoms with Gasteiger partial charge in [-0.15, -0.1) is 5.10 Å². The lowest BCUT2D eigenvalue weighted by Crippen LogP contribution is -2.14. The molecule has 0 aliphatic heterocycles. The molecule has 1 N–H and O–H groups in total. The van der Waals surface area contributed by atoms with Gasteiger partial charge >= 0.3 is 0 Å². The predicted octanol–water partition coefficient (Wildman–Crippen LogP) is 4.12. The molecule has 0 aliphatic carbocycles. The summed E-state index contributed by atoms with van der Waals surface area (Å²) in [4.78, 5) is 4.23. The van der Waals surface area contributed by atoms with E-state index in [-0.39, 0.29) is 10.8 Å². The molecular weight excluding hydrogens is 384 g/mol. The van der Waals surface area contributed by atoms with Crippen molar-refractivity contribution in [3.05, 3.63) is 71.0 Å². The van der Waals surface area contributed by atoms with Gasteiger partial charge in [-0.25, -0.2) is 17.8 Å². The van der Waals surface area contributed by atoms with Crippen molar-refractivity contribution in [1.82, 2.24) is 14.8 Å². The zero-order valence-electron chi connectivity index (χ0n) is 15.0. The van der Waals surface area contributed by atoms with Crippen LogP contribution in [0, 0.1) is 0 Å². The largest absolute Gasteiger partial charge is 0.264 e. The highest BCUT2D eigenvalue weighted by Crippen LogP contribution is 2.16. The number of unbranched alkanes of at least 4 members (excludes halogenated alkanes) is 1. The first-order valence-electron chi connectivity index (χ1n) is 8.72. The van der Waals surface area contributed by atoms with E-state index < -0.39 is 10.0 Å². The molecule has 0 aliphatic rings. The number of aromatic nitrogens is 3. The summed E-state index contributed by atoms with van der Waals surface area (Å²) in [5, 5.41) is 4.84. The average molecular weight is 405 g/mol. The molecule has 0 unspecified atom stereocenters. The number of rotatable bonds is 8. The second-order valence-electron chi connectivity index (χ2n) is 6.25. The molecule has 27 heavy (non-hydrogen) atoms. The van der Waals surface area contributed by atoms with Crippen LogP contribution in [0.3, 0.4) is 0 Å². The van der Waals surface area contributed by atoms with E-state index in [4.69, 9.17) is 11.6 Å². The van der Waals surface area contributed by atoms with Crippen LogP contribution in [-0.2, 0) is 23.0 Å². The molecule has 0 amide bonds. The van der Waals surface area contributed by atoms with Gasteiger partial charge in [0.15, 0.2) is 0 Å². The van der Waals surface area contributed by atoms with E-state index in [9.17, 15) is 8.42 Å². The molecule has 0 atom stereocenters. The van der Waals surface area contributed by atoms with E-state index in [0.29, 0.717) is 11.6 Å². The quantitative estimate of drug-likeness (QED) is 0.612. The lowest BCUT2D eigenvalue weighted by atomic mass is 10.1. The average Bonchev–Trinajstić information content (AvgIpc) is 3.08. The molecule has 1 aromatic heterocycles. The van der Waals surface area contributed by atoms with E-state index >= 15 is 0 Å². The maximum absolute atomic E-state index is 12.5. The highest BCUT2D eigenvalue weighted by Gasteiger charge is 2.16. The van der Waals surface area contributed by atoms with Crippen LogP contribution in [0.1, 0.15) is 30.9 Å². The zero-order valence-corrected chi connectivity index (χ0v) is 16.5. The van der Waals surface area contributed by atoms with Crippen molar-refractivity contribution in [2.45, 2.75) is 37.6 Å². The highest BCUT2D eigenvalue weighted by molar-refractivity contribution is 7.92. The SMILES string of the molecule is CCCCc1ccc(S(=O)(=O)Nc2ncn(Cc3ccc(Cl)cc3)n2)cc1. The Balaban J connectivity index is 1.67. The first-order valence-corrected chi connectivity index (χ1v) is 10.6. The lowest BCUT2D eigenvalue weighted by molar-refractivity contribution is 0.600. The van der Waals surface area contributed by atoms with Gasteiger partial charge in [0.05, 0.1) is 11.4 Å². The van der Waals surface area contributed by atoms with Crippen LogP contribution in [0.4, 0.5) is 5.95 Å². The van der Waals surface area contributed by atoms with E-state index in [1.165, 1.54) is 6.33 Å². The minimum atomic E-state index is -3.72. The Morgan fingerprint density at radius 3 is 2.37 bits per heavy atom. The minimum absolute atomic E-state index is 0.0408. The number of hydrogen-bond acceptors (Lipinski definition) is 4. The third kappa shape index (κ3) is 5.30. The Bertz CT molecular complexity index is 983. The molecule has 3 rings (SSSR count). The fourth-order valence-electron chi connectivity index (χ4n) is 2.59. The van der Waals surface area contributed by atoms with Crippen LogP contribution in [0.5, 0.6) is 0 Å². The standard InChI is InChI=1S/C19H21ClN4O2S/c1-2-3-4-15-7-11-18(12-8-15)27(25,26)23-19-21-14-24(22-19)13-16-5-9-17(20)10-6-16/h5-12,14H,2-4,13H2,1H3,(H,22,23). The van der Waals surface area contributed by atoms with E-state index in [1.54, 1.807) is 28.9 Å². The normalized spacial score (nSPS) is 11.5. The van der Waals surface area contributed by atoms with Gasteiger partial charge in [0.2, 0.25) is 0 Å². The first kappa shape index (κ1) is 19.4. The molecule has 0 fully saturated rings. The Labute approximate surface area is 164 Å². The summed E-state index contributed by atoms with van der Waals surface area (Å²) in [5.41, 5.74) is 2.11. The molecule has 2 aromatic carbocycles. The Hall–Kier alpha value is -2.38.